The molecule has 0 fully saturated rings. The van der Waals surface area contributed by atoms with Crippen LogP contribution in [0.25, 0.3) is 0 Å². The minimum absolute atomic E-state index is 0.000880. The molecule has 0 amide bonds. The molecule has 0 heterocycles. The fourth-order valence-electron chi connectivity index (χ4n) is 3.33. The number of benzene rings is 3. The summed E-state index contributed by atoms with van der Waals surface area (Å²) in [7, 11) is 2.06. The summed E-state index contributed by atoms with van der Waals surface area (Å²) in [6.45, 7) is 0. The number of carbonyl (C=O) groups excluding carboxylic acids is 1. The summed E-state index contributed by atoms with van der Waals surface area (Å²) < 4.78 is 4.90. The lowest BCUT2D eigenvalue weighted by molar-refractivity contribution is -0.133. The first kappa shape index (κ1) is 17.4. The second-order valence-corrected chi connectivity index (χ2v) is 6.25. The summed E-state index contributed by atoms with van der Waals surface area (Å²) in [5.74, 6) is -0.149. The Hall–Kier alpha value is -2.44. The third kappa shape index (κ3) is 4.35. The van der Waals surface area contributed by atoms with Gasteiger partial charge < -0.3 is 4.52 Å². The Morgan fingerprint density at radius 1 is 0.720 bits per heavy atom. The van der Waals surface area contributed by atoms with Gasteiger partial charge in [-0.15, -0.1) is 0 Å². The van der Waals surface area contributed by atoms with Crippen molar-refractivity contribution in [1.29, 1.82) is 0 Å². The van der Waals surface area contributed by atoms with Gasteiger partial charge in [0.15, 0.2) is 0 Å². The van der Waals surface area contributed by atoms with Gasteiger partial charge in [-0.05, 0) is 16.7 Å². The van der Waals surface area contributed by atoms with Crippen molar-refractivity contribution >= 4 is 15.4 Å². The van der Waals surface area contributed by atoms with Crippen LogP contribution in [0.2, 0.25) is 0 Å². The first-order valence-corrected chi connectivity index (χ1v) is 8.81. The topological polar surface area (TPSA) is 26.3 Å². The Labute approximate surface area is 151 Å². The molecule has 0 saturated carbocycles. The van der Waals surface area contributed by atoms with E-state index in [2.05, 4.69) is 45.9 Å². The molecule has 0 radical (unpaired) electrons. The molecule has 0 saturated heterocycles. The Kier molecular flexibility index (Phi) is 5.98. The Bertz CT molecular complexity index is 749. The average molecular weight is 348 g/mol. The van der Waals surface area contributed by atoms with Crippen molar-refractivity contribution in [3.05, 3.63) is 108 Å². The van der Waals surface area contributed by atoms with Crippen LogP contribution in [0.15, 0.2) is 91.0 Å². The van der Waals surface area contributed by atoms with Crippen molar-refractivity contribution in [3.8, 4) is 0 Å². The van der Waals surface area contributed by atoms with Crippen LogP contribution in [0.3, 0.4) is 0 Å². The Morgan fingerprint density at radius 2 is 1.12 bits per heavy atom. The number of hydrogen-bond donors (Lipinski definition) is 0. The van der Waals surface area contributed by atoms with E-state index >= 15 is 0 Å². The number of rotatable bonds is 6. The molecule has 0 aliphatic carbocycles. The van der Waals surface area contributed by atoms with Crippen LogP contribution in [-0.4, -0.2) is 5.97 Å². The van der Waals surface area contributed by atoms with E-state index in [1.165, 1.54) is 11.1 Å². The maximum atomic E-state index is 12.1. The highest BCUT2D eigenvalue weighted by atomic mass is 31.0. The molecule has 3 aromatic rings. The summed E-state index contributed by atoms with van der Waals surface area (Å²) in [4.78, 5) is 12.1. The molecule has 0 bridgehead atoms. The van der Waals surface area contributed by atoms with Crippen LogP contribution >= 0.6 is 9.47 Å². The van der Waals surface area contributed by atoms with E-state index in [0.29, 0.717) is 6.42 Å². The molecule has 3 heteroatoms. The van der Waals surface area contributed by atoms with Crippen LogP contribution in [0.1, 0.15) is 34.9 Å². The highest BCUT2D eigenvalue weighted by Gasteiger charge is 2.28. The summed E-state index contributed by atoms with van der Waals surface area (Å²) in [5, 5.41) is 0. The second-order valence-electron chi connectivity index (χ2n) is 6.01. The molecular formula is C22H21O2P. The second kappa shape index (κ2) is 8.60. The van der Waals surface area contributed by atoms with Gasteiger partial charge in [-0.2, -0.15) is 0 Å². The smallest absolute Gasteiger partial charge is 0.308 e. The van der Waals surface area contributed by atoms with Crippen LogP contribution in [0.5, 0.6) is 0 Å². The fraction of sp³-hybridized carbons (Fsp3) is 0.136. The fourth-order valence-corrected chi connectivity index (χ4v) is 3.43. The monoisotopic (exact) mass is 348 g/mol. The quantitative estimate of drug-likeness (QED) is 0.563. The van der Waals surface area contributed by atoms with E-state index in [1.54, 1.807) is 0 Å². The zero-order chi connectivity index (χ0) is 17.5. The van der Waals surface area contributed by atoms with Gasteiger partial charge in [0.25, 0.3) is 0 Å². The molecule has 2 unspecified atom stereocenters. The molecular weight excluding hydrogens is 327 g/mol. The van der Waals surface area contributed by atoms with Crippen molar-refractivity contribution in [2.45, 2.75) is 18.3 Å². The maximum Gasteiger partial charge on any atom is 0.308 e. The number of carbonyl (C=O) groups is 1. The standard InChI is InChI=1S/C22H21O2P/c23-21(24-25)16-20(17-10-4-1-5-11-17)22(18-12-6-2-7-13-18)19-14-8-3-9-15-19/h1-15,20,22H,16,25H2. The Morgan fingerprint density at radius 3 is 1.52 bits per heavy atom. The van der Waals surface area contributed by atoms with Crippen molar-refractivity contribution in [3.63, 3.8) is 0 Å². The van der Waals surface area contributed by atoms with Crippen molar-refractivity contribution in [1.82, 2.24) is 0 Å². The largest absolute Gasteiger partial charge is 0.451 e. The van der Waals surface area contributed by atoms with Gasteiger partial charge in [0, 0.05) is 11.8 Å². The highest BCUT2D eigenvalue weighted by molar-refractivity contribution is 7.10. The molecule has 0 spiro atoms. The van der Waals surface area contributed by atoms with Gasteiger partial charge in [0.1, 0.15) is 0 Å². The van der Waals surface area contributed by atoms with Gasteiger partial charge in [-0.1, -0.05) is 91.0 Å². The lowest BCUT2D eigenvalue weighted by atomic mass is 9.75. The van der Waals surface area contributed by atoms with E-state index in [0.717, 1.165) is 5.56 Å². The molecule has 0 aromatic heterocycles. The van der Waals surface area contributed by atoms with Gasteiger partial charge in [-0.25, -0.2) is 0 Å². The predicted molar refractivity (Wildman–Crippen MR) is 104 cm³/mol. The molecule has 25 heavy (non-hydrogen) atoms. The predicted octanol–water partition coefficient (Wildman–Crippen LogP) is 5.33. The SMILES string of the molecule is O=C(CC(c1ccccc1)C(c1ccccc1)c1ccccc1)OP. The molecule has 2 atom stereocenters. The Balaban J connectivity index is 2.11. The maximum absolute atomic E-state index is 12.1. The third-order valence-corrected chi connectivity index (χ3v) is 4.73. The molecule has 3 aromatic carbocycles. The van der Waals surface area contributed by atoms with Gasteiger partial charge >= 0.3 is 5.97 Å². The molecule has 3 rings (SSSR count). The van der Waals surface area contributed by atoms with Crippen LogP contribution < -0.4 is 0 Å². The van der Waals surface area contributed by atoms with Crippen molar-refractivity contribution < 1.29 is 9.32 Å². The molecule has 0 aliphatic rings. The van der Waals surface area contributed by atoms with E-state index in [1.807, 2.05) is 54.6 Å². The van der Waals surface area contributed by atoms with Crippen molar-refractivity contribution in [2.24, 2.45) is 0 Å². The third-order valence-electron chi connectivity index (χ3n) is 4.47. The minimum atomic E-state index is -0.226. The van der Waals surface area contributed by atoms with Gasteiger partial charge in [-0.3, -0.25) is 4.79 Å². The van der Waals surface area contributed by atoms with Crippen LogP contribution in [-0.2, 0) is 9.32 Å². The van der Waals surface area contributed by atoms with Crippen LogP contribution in [0.4, 0.5) is 0 Å². The molecule has 2 nitrogen and oxygen atoms in total. The van der Waals surface area contributed by atoms with Crippen LogP contribution in [0, 0.1) is 0 Å². The van der Waals surface area contributed by atoms with Gasteiger partial charge in [0.05, 0.1) is 15.9 Å². The average Bonchev–Trinajstić information content (AvgIpc) is 2.69. The first-order chi connectivity index (χ1) is 12.3. The van der Waals surface area contributed by atoms with E-state index in [4.69, 9.17) is 4.52 Å². The lowest BCUT2D eigenvalue weighted by Crippen LogP contribution is -2.17. The lowest BCUT2D eigenvalue weighted by Gasteiger charge is -2.28. The normalized spacial score (nSPS) is 11.9. The zero-order valence-corrected chi connectivity index (χ0v) is 15.1. The molecule has 0 aliphatic heterocycles. The van der Waals surface area contributed by atoms with Crippen molar-refractivity contribution in [2.75, 3.05) is 0 Å². The van der Waals surface area contributed by atoms with E-state index < -0.39 is 0 Å². The van der Waals surface area contributed by atoms with E-state index in [9.17, 15) is 4.79 Å². The van der Waals surface area contributed by atoms with E-state index in [-0.39, 0.29) is 17.8 Å². The minimum Gasteiger partial charge on any atom is -0.451 e. The number of hydrogen-bond acceptors (Lipinski definition) is 2. The summed E-state index contributed by atoms with van der Waals surface area (Å²) >= 11 is 0. The molecule has 0 N–H and O–H groups in total. The first-order valence-electron chi connectivity index (χ1n) is 8.34. The zero-order valence-electron chi connectivity index (χ0n) is 13.9. The summed E-state index contributed by atoms with van der Waals surface area (Å²) in [5.41, 5.74) is 3.52. The summed E-state index contributed by atoms with van der Waals surface area (Å²) in [6, 6.07) is 30.9. The van der Waals surface area contributed by atoms with Gasteiger partial charge in [0.2, 0.25) is 0 Å². The summed E-state index contributed by atoms with van der Waals surface area (Å²) in [6.07, 6.45) is 0.321. The molecule has 126 valence electrons. The highest BCUT2D eigenvalue weighted by Crippen LogP contribution is 2.40.